The molecule has 0 unspecified atom stereocenters. The van der Waals surface area contributed by atoms with Crippen molar-refractivity contribution in [3.05, 3.63) is 78.4 Å². The molecule has 0 amide bonds. The van der Waals surface area contributed by atoms with E-state index in [1.807, 2.05) is 0 Å². The summed E-state index contributed by atoms with van der Waals surface area (Å²) in [6.07, 6.45) is 4.39. The lowest BCUT2D eigenvalue weighted by Gasteiger charge is -2.46. The molecule has 30 heavy (non-hydrogen) atoms. The van der Waals surface area contributed by atoms with E-state index in [0.717, 1.165) is 44.5 Å². The summed E-state index contributed by atoms with van der Waals surface area (Å²) in [5.74, 6) is 1.18. The highest BCUT2D eigenvalue weighted by atomic mass is 15.2. The number of anilines is 1. The zero-order chi connectivity index (χ0) is 20.1. The molecule has 2 aromatic heterocycles. The van der Waals surface area contributed by atoms with E-state index in [4.69, 9.17) is 4.98 Å². The molecule has 0 aliphatic carbocycles. The molecule has 2 aliphatic heterocycles. The summed E-state index contributed by atoms with van der Waals surface area (Å²) in [6, 6.07) is 21.6. The predicted molar refractivity (Wildman–Crippen MR) is 121 cm³/mol. The zero-order valence-electron chi connectivity index (χ0n) is 17.4. The van der Waals surface area contributed by atoms with Gasteiger partial charge in [0.1, 0.15) is 5.82 Å². The van der Waals surface area contributed by atoms with Crippen LogP contribution >= 0.6 is 0 Å². The largest absolute Gasteiger partial charge is 0.372 e. The minimum absolute atomic E-state index is 0.0131. The van der Waals surface area contributed by atoms with E-state index >= 15 is 0 Å². The molecule has 2 aliphatic rings. The molecule has 4 aromatic rings. The van der Waals surface area contributed by atoms with Gasteiger partial charge < -0.3 is 14.5 Å². The predicted octanol–water partition coefficient (Wildman–Crippen LogP) is 4.76. The number of rotatable bonds is 3. The number of aryl methyl sites for hydroxylation is 1. The van der Waals surface area contributed by atoms with Gasteiger partial charge in [-0.25, -0.2) is 4.98 Å². The Kier molecular flexibility index (Phi) is 4.00. The molecule has 1 saturated heterocycles. The first-order valence-corrected chi connectivity index (χ1v) is 11.0. The number of fused-ring (bicyclic) bond motifs is 5. The third-order valence-electron chi connectivity index (χ3n) is 6.90. The van der Waals surface area contributed by atoms with Crippen LogP contribution in [0.15, 0.2) is 66.9 Å². The lowest BCUT2D eigenvalue weighted by molar-refractivity contribution is 0.157. The van der Waals surface area contributed by atoms with E-state index in [1.165, 1.54) is 28.4 Å². The van der Waals surface area contributed by atoms with E-state index in [1.54, 1.807) is 0 Å². The van der Waals surface area contributed by atoms with E-state index in [9.17, 15) is 0 Å². The molecule has 0 radical (unpaired) electrons. The Labute approximate surface area is 177 Å². The molecule has 5 nitrogen and oxygen atoms in total. The fourth-order valence-electron chi connectivity index (χ4n) is 5.37. The summed E-state index contributed by atoms with van der Waals surface area (Å²) in [6.45, 7) is 6.20. The van der Waals surface area contributed by atoms with Crippen molar-refractivity contribution >= 4 is 16.7 Å². The maximum atomic E-state index is 4.94. The Morgan fingerprint density at radius 1 is 0.967 bits per heavy atom. The second kappa shape index (κ2) is 6.74. The second-order valence-corrected chi connectivity index (χ2v) is 8.52. The molecular weight excluding hydrogens is 370 g/mol. The number of benzene rings is 2. The molecule has 2 aromatic carbocycles. The highest BCUT2D eigenvalue weighted by Gasteiger charge is 2.41. The Bertz CT molecular complexity index is 1210. The van der Waals surface area contributed by atoms with E-state index in [2.05, 4.69) is 93.1 Å². The Morgan fingerprint density at radius 3 is 2.63 bits per heavy atom. The average molecular weight is 398 g/mol. The first-order chi connectivity index (χ1) is 14.8. The number of imidazole rings is 1. The van der Waals surface area contributed by atoms with Gasteiger partial charge in [-0.3, -0.25) is 4.90 Å². The summed E-state index contributed by atoms with van der Waals surface area (Å²) in [5, 5.41) is 3.91. The van der Waals surface area contributed by atoms with Crippen molar-refractivity contribution in [1.29, 1.82) is 0 Å². The Hall–Kier alpha value is -3.05. The highest BCUT2D eigenvalue weighted by molar-refractivity contribution is 5.75. The molecule has 1 fully saturated rings. The van der Waals surface area contributed by atoms with Crippen LogP contribution in [0.3, 0.4) is 0 Å². The van der Waals surface area contributed by atoms with Gasteiger partial charge in [0.2, 0.25) is 0 Å². The van der Waals surface area contributed by atoms with Gasteiger partial charge in [0.15, 0.2) is 0 Å². The van der Waals surface area contributed by atoms with Crippen molar-refractivity contribution in [3.63, 3.8) is 0 Å². The van der Waals surface area contributed by atoms with Gasteiger partial charge in [0.25, 0.3) is 0 Å². The third-order valence-corrected chi connectivity index (χ3v) is 6.90. The van der Waals surface area contributed by atoms with Crippen molar-refractivity contribution in [3.8, 4) is 5.69 Å². The summed E-state index contributed by atoms with van der Waals surface area (Å²) in [7, 11) is 0. The molecule has 0 bridgehead atoms. The monoisotopic (exact) mass is 397 g/mol. The maximum absolute atomic E-state index is 4.94. The number of aromatic nitrogens is 3. The van der Waals surface area contributed by atoms with Crippen LogP contribution in [0.5, 0.6) is 0 Å². The third kappa shape index (κ3) is 2.62. The maximum Gasteiger partial charge on any atom is 0.124 e. The second-order valence-electron chi connectivity index (χ2n) is 8.52. The lowest BCUT2D eigenvalue weighted by Crippen LogP contribution is -2.49. The van der Waals surface area contributed by atoms with Gasteiger partial charge in [0, 0.05) is 31.5 Å². The Morgan fingerprint density at radius 2 is 1.77 bits per heavy atom. The van der Waals surface area contributed by atoms with E-state index in [-0.39, 0.29) is 5.54 Å². The van der Waals surface area contributed by atoms with Crippen LogP contribution in [-0.2, 0) is 18.6 Å². The zero-order valence-corrected chi connectivity index (χ0v) is 17.4. The average Bonchev–Trinajstić information content (AvgIpc) is 3.41. The summed E-state index contributed by atoms with van der Waals surface area (Å²) in [4.78, 5) is 7.50. The van der Waals surface area contributed by atoms with Crippen molar-refractivity contribution in [2.75, 3.05) is 18.4 Å². The SMILES string of the molecule is CCn1c(CN2CCC3(CC2)Nc2ccccc2-n2cccc23)nc2ccccc21. The normalized spacial score (nSPS) is 17.6. The van der Waals surface area contributed by atoms with Gasteiger partial charge in [-0.1, -0.05) is 24.3 Å². The molecule has 152 valence electrons. The van der Waals surface area contributed by atoms with Crippen LogP contribution in [0.2, 0.25) is 0 Å². The minimum Gasteiger partial charge on any atom is -0.372 e. The number of hydrogen-bond donors (Lipinski definition) is 1. The molecule has 1 N–H and O–H groups in total. The number of nitrogens with zero attached hydrogens (tertiary/aromatic N) is 4. The van der Waals surface area contributed by atoms with Crippen molar-refractivity contribution in [1.82, 2.24) is 19.0 Å². The van der Waals surface area contributed by atoms with Gasteiger partial charge in [-0.2, -0.15) is 0 Å². The van der Waals surface area contributed by atoms with Gasteiger partial charge >= 0.3 is 0 Å². The van der Waals surface area contributed by atoms with Crippen molar-refractivity contribution < 1.29 is 0 Å². The number of nitrogens with one attached hydrogen (secondary N) is 1. The number of hydrogen-bond acceptors (Lipinski definition) is 3. The fraction of sp³-hybridized carbons (Fsp3) is 0.320. The Balaban J connectivity index is 1.25. The summed E-state index contributed by atoms with van der Waals surface area (Å²) >= 11 is 0. The van der Waals surface area contributed by atoms with E-state index in [0.29, 0.717) is 0 Å². The van der Waals surface area contributed by atoms with Gasteiger partial charge in [0.05, 0.1) is 34.5 Å². The van der Waals surface area contributed by atoms with Crippen LogP contribution in [-0.4, -0.2) is 32.1 Å². The topological polar surface area (TPSA) is 38.0 Å². The quantitative estimate of drug-likeness (QED) is 0.541. The molecule has 5 heteroatoms. The molecular formula is C25H27N5. The summed E-state index contributed by atoms with van der Waals surface area (Å²) < 4.78 is 4.73. The molecule has 0 atom stereocenters. The van der Waals surface area contributed by atoms with Crippen LogP contribution in [0.4, 0.5) is 5.69 Å². The number of para-hydroxylation sites is 4. The standard InChI is InChI=1S/C25H27N5/c1-2-29-21-10-5-3-8-19(21)26-24(29)18-28-16-13-25(14-17-28)23-12-7-15-30(23)22-11-6-4-9-20(22)27-25/h3-12,15,27H,2,13-14,16-18H2,1H3. The first kappa shape index (κ1) is 17.8. The fourth-order valence-corrected chi connectivity index (χ4v) is 5.37. The van der Waals surface area contributed by atoms with Crippen LogP contribution in [0, 0.1) is 0 Å². The molecule has 6 rings (SSSR count). The highest BCUT2D eigenvalue weighted by Crippen LogP contribution is 2.43. The van der Waals surface area contributed by atoms with Crippen LogP contribution in [0.1, 0.15) is 31.3 Å². The minimum atomic E-state index is 0.0131. The van der Waals surface area contributed by atoms with E-state index < -0.39 is 0 Å². The van der Waals surface area contributed by atoms with Crippen LogP contribution < -0.4 is 5.32 Å². The smallest absolute Gasteiger partial charge is 0.124 e. The molecule has 1 spiro atoms. The van der Waals surface area contributed by atoms with Crippen molar-refractivity contribution in [2.24, 2.45) is 0 Å². The van der Waals surface area contributed by atoms with Gasteiger partial charge in [-0.15, -0.1) is 0 Å². The lowest BCUT2D eigenvalue weighted by atomic mass is 9.82. The molecule has 0 saturated carbocycles. The van der Waals surface area contributed by atoms with Crippen molar-refractivity contribution in [2.45, 2.75) is 38.4 Å². The summed E-state index contributed by atoms with van der Waals surface area (Å²) in [5.41, 5.74) is 6.24. The number of likely N-dealkylation sites (tertiary alicyclic amines) is 1. The van der Waals surface area contributed by atoms with Crippen LogP contribution in [0.25, 0.3) is 16.7 Å². The van der Waals surface area contributed by atoms with Gasteiger partial charge in [-0.05, 0) is 56.2 Å². The number of piperidine rings is 1. The first-order valence-electron chi connectivity index (χ1n) is 11.0. The molecule has 4 heterocycles.